The van der Waals surface area contributed by atoms with Crippen LogP contribution in [0.25, 0.3) is 0 Å². The van der Waals surface area contributed by atoms with Gasteiger partial charge in [-0.25, -0.2) is 0 Å². The van der Waals surface area contributed by atoms with Gasteiger partial charge in [-0.05, 0) is 53.3 Å². The van der Waals surface area contributed by atoms with Crippen LogP contribution in [0.1, 0.15) is 31.1 Å². The van der Waals surface area contributed by atoms with Crippen molar-refractivity contribution in [1.29, 1.82) is 5.26 Å². The third-order valence-corrected chi connectivity index (χ3v) is 10.3. The fourth-order valence-corrected chi connectivity index (χ4v) is 6.64. The number of benzene rings is 3. The second kappa shape index (κ2) is 10.8. The Balaban J connectivity index is 1.48. The highest BCUT2D eigenvalue weighted by Gasteiger charge is 2.68. The van der Waals surface area contributed by atoms with Crippen molar-refractivity contribution in [2.24, 2.45) is 17.3 Å². The third kappa shape index (κ3) is 5.60. The molecule has 3 aromatic rings. The van der Waals surface area contributed by atoms with Gasteiger partial charge >= 0.3 is 5.97 Å². The van der Waals surface area contributed by atoms with Crippen LogP contribution in [0, 0.1) is 28.6 Å². The average molecular weight is 652 g/mol. The lowest BCUT2D eigenvalue weighted by Crippen LogP contribution is -2.27. The molecule has 1 saturated carbocycles. The van der Waals surface area contributed by atoms with E-state index >= 15 is 0 Å². The fraction of sp³-hybridized carbons (Fsp3) is 0.286. The molecule has 0 radical (unpaired) electrons. The largest absolute Gasteiger partial charge is 0.457 e. The van der Waals surface area contributed by atoms with Gasteiger partial charge in [0.15, 0.2) is 0 Å². The first-order valence-corrected chi connectivity index (χ1v) is 13.7. The van der Waals surface area contributed by atoms with E-state index in [1.165, 1.54) is 0 Å². The molecule has 1 fully saturated rings. The number of carbonyl (C=O) groups is 1. The molecule has 0 heterocycles. The molecule has 4 rings (SSSR count). The number of para-hydroxylation sites is 1. The minimum atomic E-state index is -1.07. The van der Waals surface area contributed by atoms with E-state index < -0.39 is 21.8 Å². The Morgan fingerprint density at radius 2 is 1.69 bits per heavy atom. The van der Waals surface area contributed by atoms with Crippen LogP contribution in [-0.4, -0.2) is 10.8 Å². The topological polar surface area (TPSA) is 59.3 Å². The van der Waals surface area contributed by atoms with E-state index in [2.05, 4.69) is 37.9 Å². The lowest BCUT2D eigenvalue weighted by molar-refractivity contribution is -0.149. The molecule has 0 aliphatic heterocycles. The predicted octanol–water partition coefficient (Wildman–Crippen LogP) is 8.76. The van der Waals surface area contributed by atoms with Crippen LogP contribution < -0.4 is 4.74 Å². The maximum Gasteiger partial charge on any atom is 0.311 e. The Hall–Kier alpha value is -2.04. The summed E-state index contributed by atoms with van der Waals surface area (Å²) >= 11 is 20.3. The maximum absolute atomic E-state index is 13.3. The molecule has 0 bridgehead atoms. The molecule has 0 aromatic heterocycles. The summed E-state index contributed by atoms with van der Waals surface area (Å²) in [6.45, 7) is 3.99. The Kier molecular flexibility index (Phi) is 8.07. The number of esters is 1. The smallest absolute Gasteiger partial charge is 0.311 e. The zero-order chi connectivity index (χ0) is 26.1. The van der Waals surface area contributed by atoms with Gasteiger partial charge in [-0.15, -0.1) is 11.6 Å². The van der Waals surface area contributed by atoms with Gasteiger partial charge in [-0.1, -0.05) is 99.8 Å². The zero-order valence-electron chi connectivity index (χ0n) is 19.5. The quantitative estimate of drug-likeness (QED) is 0.181. The lowest BCUT2D eigenvalue weighted by atomic mass is 10.0. The highest BCUT2D eigenvalue weighted by atomic mass is 79.9. The van der Waals surface area contributed by atoms with Crippen LogP contribution in [0.15, 0.2) is 78.9 Å². The Morgan fingerprint density at radius 3 is 2.33 bits per heavy atom. The van der Waals surface area contributed by atoms with E-state index in [4.69, 9.17) is 32.7 Å². The van der Waals surface area contributed by atoms with Crippen molar-refractivity contribution in [3.63, 3.8) is 0 Å². The molecule has 3 unspecified atom stereocenters. The highest BCUT2D eigenvalue weighted by Crippen LogP contribution is 2.66. The van der Waals surface area contributed by atoms with Gasteiger partial charge in [0.25, 0.3) is 0 Å². The van der Waals surface area contributed by atoms with Crippen molar-refractivity contribution in [2.75, 3.05) is 0 Å². The van der Waals surface area contributed by atoms with Gasteiger partial charge in [0.05, 0.1) is 10.7 Å². The number of nitrogens with zero attached hydrogens (tertiary/aromatic N) is 1. The number of alkyl halides is 3. The Bertz CT molecular complexity index is 1280. The number of carbonyl (C=O) groups excluding carboxylic acids is 1. The predicted molar refractivity (Wildman–Crippen MR) is 149 cm³/mol. The molecule has 8 heteroatoms. The van der Waals surface area contributed by atoms with E-state index in [0.717, 1.165) is 5.56 Å². The first-order chi connectivity index (χ1) is 17.1. The monoisotopic (exact) mass is 649 g/mol. The van der Waals surface area contributed by atoms with Crippen molar-refractivity contribution in [2.45, 2.75) is 28.6 Å². The van der Waals surface area contributed by atoms with Crippen LogP contribution in [0.5, 0.6) is 11.5 Å². The van der Waals surface area contributed by atoms with Crippen molar-refractivity contribution in [1.82, 2.24) is 0 Å². The maximum atomic E-state index is 13.3. The zero-order valence-corrected chi connectivity index (χ0v) is 24.2. The molecule has 4 nitrogen and oxygen atoms in total. The molecule has 36 heavy (non-hydrogen) atoms. The molecular formula is C28H23Br2Cl2NO3. The van der Waals surface area contributed by atoms with Crippen molar-refractivity contribution < 1.29 is 14.3 Å². The Labute approximate surface area is 237 Å². The number of nitriles is 1. The minimum Gasteiger partial charge on any atom is -0.457 e. The molecule has 186 valence electrons. The lowest BCUT2D eigenvalue weighted by Gasteiger charge is -2.28. The molecule has 0 spiro atoms. The normalized spacial score (nSPS) is 21.4. The first-order valence-electron chi connectivity index (χ1n) is 11.3. The second-order valence-corrected chi connectivity index (χ2v) is 13.0. The van der Waals surface area contributed by atoms with Gasteiger partial charge in [0.2, 0.25) is 6.10 Å². The van der Waals surface area contributed by atoms with Crippen LogP contribution in [-0.2, 0) is 13.3 Å². The molecular weight excluding hydrogens is 629 g/mol. The first kappa shape index (κ1) is 27.0. The van der Waals surface area contributed by atoms with Crippen LogP contribution in [0.3, 0.4) is 0 Å². The van der Waals surface area contributed by atoms with Crippen molar-refractivity contribution in [3.8, 4) is 17.6 Å². The number of hydrogen-bond donors (Lipinski definition) is 0. The van der Waals surface area contributed by atoms with Crippen LogP contribution in [0.4, 0.5) is 0 Å². The van der Waals surface area contributed by atoms with Gasteiger partial charge in [-0.2, -0.15) is 5.26 Å². The molecule has 1 aliphatic carbocycles. The minimum absolute atomic E-state index is 0.135. The van der Waals surface area contributed by atoms with E-state index in [1.54, 1.807) is 36.4 Å². The van der Waals surface area contributed by atoms with E-state index in [1.807, 2.05) is 56.3 Å². The van der Waals surface area contributed by atoms with Gasteiger partial charge < -0.3 is 9.47 Å². The number of hydrogen-bond acceptors (Lipinski definition) is 4. The molecule has 5 atom stereocenters. The summed E-state index contributed by atoms with van der Waals surface area (Å²) in [4.78, 5) is 13.0. The molecule has 0 amide bonds. The third-order valence-electron chi connectivity index (χ3n) is 6.55. The SMILES string of the molecule is CC1(C)[C@@H](C(=O)OC(C#N)c2cccc(Oc3ccccc3)c2)[C@@H]1C(Br)C(Cl)(Br)c1ccc(Cl)cc1. The molecule has 0 saturated heterocycles. The van der Waals surface area contributed by atoms with Crippen molar-refractivity contribution in [3.05, 3.63) is 95.0 Å². The fourth-order valence-electron chi connectivity index (χ4n) is 4.45. The summed E-state index contributed by atoms with van der Waals surface area (Å²) in [5, 5.41) is 10.4. The highest BCUT2D eigenvalue weighted by molar-refractivity contribution is 9.12. The van der Waals surface area contributed by atoms with Gasteiger partial charge in [0, 0.05) is 10.6 Å². The molecule has 1 aliphatic rings. The molecule has 0 N–H and O–H groups in total. The average Bonchev–Trinajstić information content (AvgIpc) is 3.44. The van der Waals surface area contributed by atoms with E-state index in [0.29, 0.717) is 22.1 Å². The standard InChI is InChI=1S/C28H23Br2Cl2NO3/c1-27(2)23(25(29)28(30,32)18-11-13-19(31)14-12-18)24(27)26(34)36-22(16-33)17-7-6-10-21(15-17)35-20-8-4-3-5-9-20/h3-15,22-25H,1-2H3/t22?,23-,24-,25?,28?/m1/s1. The van der Waals surface area contributed by atoms with Gasteiger partial charge in [0.1, 0.15) is 21.4 Å². The number of halogens is 4. The van der Waals surface area contributed by atoms with Gasteiger partial charge in [-0.3, -0.25) is 4.79 Å². The summed E-state index contributed by atoms with van der Waals surface area (Å²) in [6.07, 6.45) is -1.07. The van der Waals surface area contributed by atoms with Crippen molar-refractivity contribution >= 4 is 61.0 Å². The summed E-state index contributed by atoms with van der Waals surface area (Å²) in [5.74, 6) is 0.209. The summed E-state index contributed by atoms with van der Waals surface area (Å²) in [5.41, 5.74) is 0.970. The Morgan fingerprint density at radius 1 is 1.06 bits per heavy atom. The summed E-state index contributed by atoms with van der Waals surface area (Å²) < 4.78 is 10.6. The van der Waals surface area contributed by atoms with E-state index in [9.17, 15) is 10.1 Å². The van der Waals surface area contributed by atoms with Crippen LogP contribution in [0.2, 0.25) is 5.02 Å². The second-order valence-electron chi connectivity index (χ2n) is 9.29. The van der Waals surface area contributed by atoms with E-state index in [-0.39, 0.29) is 16.2 Å². The molecule has 3 aromatic carbocycles. The summed E-state index contributed by atoms with van der Waals surface area (Å²) in [7, 11) is 0. The van der Waals surface area contributed by atoms with Crippen LogP contribution >= 0.6 is 55.1 Å². The summed E-state index contributed by atoms with van der Waals surface area (Å²) in [6, 6.07) is 25.7. The number of ether oxygens (including phenoxy) is 2. The number of rotatable bonds is 8.